The standard InChI is InChI=1S/C16H21NO3/c1-11(2)16(6-7-16)10-17-14(18)9-12-4-3-5-13(8-12)15(19)20/h3-5,8,11H,6-7,9-10H2,1-2H3,(H,17,18)(H,19,20). The van der Waals surface area contributed by atoms with Crippen LogP contribution in [0.5, 0.6) is 0 Å². The highest BCUT2D eigenvalue weighted by atomic mass is 16.4. The maximum absolute atomic E-state index is 11.9. The van der Waals surface area contributed by atoms with E-state index in [-0.39, 0.29) is 17.9 Å². The van der Waals surface area contributed by atoms with Gasteiger partial charge >= 0.3 is 5.97 Å². The molecule has 0 bridgehead atoms. The third kappa shape index (κ3) is 3.38. The summed E-state index contributed by atoms with van der Waals surface area (Å²) in [5.41, 5.74) is 1.24. The molecule has 0 unspecified atom stereocenters. The molecule has 2 rings (SSSR count). The minimum atomic E-state index is -0.969. The summed E-state index contributed by atoms with van der Waals surface area (Å²) in [4.78, 5) is 22.8. The molecule has 0 saturated heterocycles. The Balaban J connectivity index is 1.89. The molecule has 108 valence electrons. The van der Waals surface area contributed by atoms with E-state index >= 15 is 0 Å². The Morgan fingerprint density at radius 2 is 2.05 bits per heavy atom. The summed E-state index contributed by atoms with van der Waals surface area (Å²) < 4.78 is 0. The molecule has 0 atom stereocenters. The lowest BCUT2D eigenvalue weighted by atomic mass is 9.92. The van der Waals surface area contributed by atoms with Gasteiger partial charge in [0.2, 0.25) is 5.91 Å². The number of hydrogen-bond donors (Lipinski definition) is 2. The average molecular weight is 275 g/mol. The fourth-order valence-corrected chi connectivity index (χ4v) is 2.46. The van der Waals surface area contributed by atoms with Gasteiger partial charge in [0.1, 0.15) is 0 Å². The van der Waals surface area contributed by atoms with Crippen LogP contribution in [0.3, 0.4) is 0 Å². The molecule has 0 spiro atoms. The topological polar surface area (TPSA) is 66.4 Å². The molecular weight excluding hydrogens is 254 g/mol. The molecule has 0 aliphatic heterocycles. The summed E-state index contributed by atoms with van der Waals surface area (Å²) in [5.74, 6) is -0.429. The first-order chi connectivity index (χ1) is 9.43. The zero-order chi connectivity index (χ0) is 14.8. The average Bonchev–Trinajstić information content (AvgIpc) is 3.18. The highest BCUT2D eigenvalue weighted by Gasteiger charge is 2.45. The van der Waals surface area contributed by atoms with Crippen LogP contribution in [0.1, 0.15) is 42.6 Å². The number of carbonyl (C=O) groups is 2. The molecule has 4 nitrogen and oxygen atoms in total. The van der Waals surface area contributed by atoms with Gasteiger partial charge in [0.05, 0.1) is 12.0 Å². The Labute approximate surface area is 119 Å². The minimum Gasteiger partial charge on any atom is -0.478 e. The molecule has 0 radical (unpaired) electrons. The number of nitrogens with one attached hydrogen (secondary N) is 1. The second kappa shape index (κ2) is 5.65. The number of aromatic carboxylic acids is 1. The van der Waals surface area contributed by atoms with Crippen molar-refractivity contribution < 1.29 is 14.7 Å². The Morgan fingerprint density at radius 3 is 2.60 bits per heavy atom. The van der Waals surface area contributed by atoms with Gasteiger partial charge in [-0.1, -0.05) is 26.0 Å². The lowest BCUT2D eigenvalue weighted by Crippen LogP contribution is -2.33. The van der Waals surface area contributed by atoms with Crippen LogP contribution in [0.2, 0.25) is 0 Å². The largest absolute Gasteiger partial charge is 0.478 e. The fraction of sp³-hybridized carbons (Fsp3) is 0.500. The minimum absolute atomic E-state index is 0.0422. The molecule has 4 heteroatoms. The molecule has 1 fully saturated rings. The number of benzene rings is 1. The van der Waals surface area contributed by atoms with Crippen LogP contribution >= 0.6 is 0 Å². The lowest BCUT2D eigenvalue weighted by molar-refractivity contribution is -0.120. The lowest BCUT2D eigenvalue weighted by Gasteiger charge is -2.20. The van der Waals surface area contributed by atoms with Crippen LogP contribution in [0.4, 0.5) is 0 Å². The van der Waals surface area contributed by atoms with Crippen molar-refractivity contribution in [2.45, 2.75) is 33.1 Å². The molecule has 0 heterocycles. The van der Waals surface area contributed by atoms with Crippen molar-refractivity contribution >= 4 is 11.9 Å². The summed E-state index contributed by atoms with van der Waals surface area (Å²) in [6, 6.07) is 6.53. The van der Waals surface area contributed by atoms with Gasteiger partial charge in [0, 0.05) is 6.54 Å². The quantitative estimate of drug-likeness (QED) is 0.838. The van der Waals surface area contributed by atoms with E-state index in [0.29, 0.717) is 11.3 Å². The van der Waals surface area contributed by atoms with Crippen molar-refractivity contribution in [2.75, 3.05) is 6.54 Å². The Bertz CT molecular complexity index is 518. The van der Waals surface area contributed by atoms with Crippen LogP contribution < -0.4 is 5.32 Å². The van der Waals surface area contributed by atoms with E-state index in [9.17, 15) is 9.59 Å². The second-order valence-corrected chi connectivity index (χ2v) is 5.98. The summed E-state index contributed by atoms with van der Waals surface area (Å²) in [6.07, 6.45) is 2.59. The number of amides is 1. The maximum Gasteiger partial charge on any atom is 0.335 e. The molecule has 0 aromatic heterocycles. The van der Waals surface area contributed by atoms with Gasteiger partial charge in [-0.15, -0.1) is 0 Å². The van der Waals surface area contributed by atoms with E-state index in [1.807, 2.05) is 0 Å². The highest BCUT2D eigenvalue weighted by Crippen LogP contribution is 2.51. The summed E-state index contributed by atoms with van der Waals surface area (Å²) in [5, 5.41) is 11.9. The summed E-state index contributed by atoms with van der Waals surface area (Å²) in [7, 11) is 0. The zero-order valence-corrected chi connectivity index (χ0v) is 12.0. The highest BCUT2D eigenvalue weighted by molar-refractivity contribution is 5.88. The molecule has 1 aliphatic rings. The van der Waals surface area contributed by atoms with E-state index in [1.165, 1.54) is 18.9 Å². The number of rotatable bonds is 6. The third-order valence-corrected chi connectivity index (χ3v) is 4.29. The van der Waals surface area contributed by atoms with Crippen LogP contribution in [0, 0.1) is 11.3 Å². The first-order valence-corrected chi connectivity index (χ1v) is 7.02. The molecule has 20 heavy (non-hydrogen) atoms. The van der Waals surface area contributed by atoms with E-state index in [0.717, 1.165) is 12.1 Å². The zero-order valence-electron chi connectivity index (χ0n) is 12.0. The molecule has 1 aromatic rings. The maximum atomic E-state index is 11.9. The van der Waals surface area contributed by atoms with Gasteiger partial charge in [-0.2, -0.15) is 0 Å². The number of hydrogen-bond acceptors (Lipinski definition) is 2. The fourth-order valence-electron chi connectivity index (χ4n) is 2.46. The van der Waals surface area contributed by atoms with Gasteiger partial charge in [-0.25, -0.2) is 4.79 Å². The Kier molecular flexibility index (Phi) is 4.12. The van der Waals surface area contributed by atoms with Crippen LogP contribution in [0.25, 0.3) is 0 Å². The van der Waals surface area contributed by atoms with Crippen LogP contribution in [-0.4, -0.2) is 23.5 Å². The molecule has 1 aromatic carbocycles. The first kappa shape index (κ1) is 14.6. The SMILES string of the molecule is CC(C)C1(CNC(=O)Cc2cccc(C(=O)O)c2)CC1. The van der Waals surface area contributed by atoms with Crippen LogP contribution in [0.15, 0.2) is 24.3 Å². The monoisotopic (exact) mass is 275 g/mol. The Hall–Kier alpha value is -1.84. The molecule has 2 N–H and O–H groups in total. The number of carboxylic acids is 1. The van der Waals surface area contributed by atoms with Gasteiger partial charge in [0.15, 0.2) is 0 Å². The van der Waals surface area contributed by atoms with Crippen molar-refractivity contribution in [2.24, 2.45) is 11.3 Å². The van der Waals surface area contributed by atoms with Gasteiger partial charge < -0.3 is 10.4 Å². The molecular formula is C16H21NO3. The Morgan fingerprint density at radius 1 is 1.35 bits per heavy atom. The number of carbonyl (C=O) groups excluding carboxylic acids is 1. The second-order valence-electron chi connectivity index (χ2n) is 5.98. The van der Waals surface area contributed by atoms with E-state index in [4.69, 9.17) is 5.11 Å². The van der Waals surface area contributed by atoms with Gasteiger partial charge in [0.25, 0.3) is 0 Å². The normalized spacial score (nSPS) is 15.9. The van der Waals surface area contributed by atoms with Crippen molar-refractivity contribution in [1.82, 2.24) is 5.32 Å². The molecule has 1 amide bonds. The van der Waals surface area contributed by atoms with E-state index in [2.05, 4.69) is 19.2 Å². The third-order valence-electron chi connectivity index (χ3n) is 4.29. The molecule has 1 aliphatic carbocycles. The summed E-state index contributed by atoms with van der Waals surface area (Å²) in [6.45, 7) is 5.10. The summed E-state index contributed by atoms with van der Waals surface area (Å²) >= 11 is 0. The van der Waals surface area contributed by atoms with Crippen molar-refractivity contribution in [3.8, 4) is 0 Å². The first-order valence-electron chi connectivity index (χ1n) is 7.02. The van der Waals surface area contributed by atoms with Crippen molar-refractivity contribution in [3.63, 3.8) is 0 Å². The van der Waals surface area contributed by atoms with E-state index < -0.39 is 5.97 Å². The van der Waals surface area contributed by atoms with Crippen molar-refractivity contribution in [3.05, 3.63) is 35.4 Å². The van der Waals surface area contributed by atoms with Crippen molar-refractivity contribution in [1.29, 1.82) is 0 Å². The smallest absolute Gasteiger partial charge is 0.335 e. The predicted octanol–water partition coefficient (Wildman–Crippen LogP) is 2.48. The number of carboxylic acid groups (broad SMARTS) is 1. The molecule has 1 saturated carbocycles. The van der Waals surface area contributed by atoms with Gasteiger partial charge in [-0.3, -0.25) is 4.79 Å². The predicted molar refractivity (Wildman–Crippen MR) is 76.6 cm³/mol. The van der Waals surface area contributed by atoms with Gasteiger partial charge in [-0.05, 0) is 41.9 Å². The van der Waals surface area contributed by atoms with Crippen LogP contribution in [-0.2, 0) is 11.2 Å². The van der Waals surface area contributed by atoms with E-state index in [1.54, 1.807) is 18.2 Å².